The van der Waals surface area contributed by atoms with Crippen LogP contribution in [0.1, 0.15) is 51.6 Å². The highest BCUT2D eigenvalue weighted by molar-refractivity contribution is 6.00. The molecule has 0 saturated heterocycles. The average molecular weight is 439 g/mol. The summed E-state index contributed by atoms with van der Waals surface area (Å²) in [6.45, 7) is 12.1. The lowest BCUT2D eigenvalue weighted by Crippen LogP contribution is -2.24. The van der Waals surface area contributed by atoms with Gasteiger partial charge in [0.15, 0.2) is 0 Å². The fourth-order valence-corrected chi connectivity index (χ4v) is 3.23. The van der Waals surface area contributed by atoms with Crippen LogP contribution < -0.4 is 20.9 Å². The highest BCUT2D eigenvalue weighted by atomic mass is 16.5. The minimum atomic E-state index is -0.469. The topological polar surface area (TPSA) is 114 Å². The van der Waals surface area contributed by atoms with Crippen LogP contribution in [0.2, 0.25) is 0 Å². The summed E-state index contributed by atoms with van der Waals surface area (Å²) in [6, 6.07) is 8.50. The molecule has 0 bridgehead atoms. The molecule has 1 aromatic carbocycles. The molecule has 0 aliphatic carbocycles. The van der Waals surface area contributed by atoms with Gasteiger partial charge in [0.25, 0.3) is 5.56 Å². The summed E-state index contributed by atoms with van der Waals surface area (Å²) < 4.78 is 7.02. The Morgan fingerprint density at radius 3 is 2.53 bits per heavy atom. The predicted molar refractivity (Wildman–Crippen MR) is 125 cm³/mol. The molecule has 2 amide bonds. The summed E-state index contributed by atoms with van der Waals surface area (Å²) in [6.07, 6.45) is 0.577. The molecular weight excluding hydrogens is 408 g/mol. The molecule has 3 aromatic rings. The van der Waals surface area contributed by atoms with Gasteiger partial charge in [0.1, 0.15) is 11.6 Å². The number of rotatable bonds is 6. The Morgan fingerprint density at radius 2 is 1.91 bits per heavy atom. The third kappa shape index (κ3) is 4.99. The van der Waals surface area contributed by atoms with Crippen molar-refractivity contribution < 1.29 is 9.53 Å². The Kier molecular flexibility index (Phi) is 6.67. The van der Waals surface area contributed by atoms with Crippen LogP contribution in [0.15, 0.2) is 35.1 Å². The number of benzene rings is 1. The van der Waals surface area contributed by atoms with E-state index < -0.39 is 6.03 Å². The van der Waals surface area contributed by atoms with Gasteiger partial charge in [0.2, 0.25) is 5.95 Å². The minimum absolute atomic E-state index is 0.219. The van der Waals surface area contributed by atoms with E-state index in [1.807, 2.05) is 46.8 Å². The smallest absolute Gasteiger partial charge is 0.324 e. The number of hydrogen-bond acceptors (Lipinski definition) is 5. The number of carbonyl (C=O) groups excluding carboxylic acids is 1. The molecule has 9 nitrogen and oxygen atoms in total. The SMILES string of the molecule is CCOc1ccccc1NC(=O)Nc1cc(C(C)(C)C)nn1-c1nc(C)c(CC)c(=O)[nH]1. The maximum absolute atomic E-state index is 12.8. The number of nitrogens with zero attached hydrogens (tertiary/aromatic N) is 3. The molecule has 3 rings (SSSR count). The number of aromatic nitrogens is 4. The fourth-order valence-electron chi connectivity index (χ4n) is 3.23. The zero-order valence-electron chi connectivity index (χ0n) is 19.4. The first-order valence-electron chi connectivity index (χ1n) is 10.6. The third-order valence-electron chi connectivity index (χ3n) is 4.92. The van der Waals surface area contributed by atoms with Gasteiger partial charge in [-0.2, -0.15) is 9.78 Å². The quantitative estimate of drug-likeness (QED) is 0.535. The number of carbonyl (C=O) groups is 1. The molecule has 2 aromatic heterocycles. The van der Waals surface area contributed by atoms with Crippen LogP contribution in [0, 0.1) is 6.92 Å². The molecule has 32 heavy (non-hydrogen) atoms. The number of para-hydroxylation sites is 2. The van der Waals surface area contributed by atoms with E-state index in [2.05, 4.69) is 25.7 Å². The molecule has 3 N–H and O–H groups in total. The Balaban J connectivity index is 1.97. The maximum atomic E-state index is 12.8. The number of anilines is 2. The van der Waals surface area contributed by atoms with Crippen LogP contribution in [0.4, 0.5) is 16.3 Å². The van der Waals surface area contributed by atoms with Crippen molar-refractivity contribution in [2.24, 2.45) is 0 Å². The zero-order chi connectivity index (χ0) is 23.5. The summed E-state index contributed by atoms with van der Waals surface area (Å²) in [7, 11) is 0. The number of H-pyrrole nitrogens is 1. The molecule has 0 radical (unpaired) electrons. The molecule has 0 spiro atoms. The normalized spacial score (nSPS) is 11.3. The first-order chi connectivity index (χ1) is 15.1. The lowest BCUT2D eigenvalue weighted by Gasteiger charge is -2.14. The van der Waals surface area contributed by atoms with Crippen LogP contribution in [0.3, 0.4) is 0 Å². The number of urea groups is 1. The molecule has 2 heterocycles. The zero-order valence-corrected chi connectivity index (χ0v) is 19.4. The number of aromatic amines is 1. The van der Waals surface area contributed by atoms with Crippen LogP contribution in [-0.4, -0.2) is 32.4 Å². The van der Waals surface area contributed by atoms with Gasteiger partial charge in [0.05, 0.1) is 18.0 Å². The molecule has 0 unspecified atom stereocenters. The number of aryl methyl sites for hydroxylation is 1. The fraction of sp³-hybridized carbons (Fsp3) is 0.391. The second kappa shape index (κ2) is 9.25. The van der Waals surface area contributed by atoms with Gasteiger partial charge < -0.3 is 10.1 Å². The summed E-state index contributed by atoms with van der Waals surface area (Å²) in [4.78, 5) is 32.6. The molecular formula is C23H30N6O3. The van der Waals surface area contributed by atoms with Crippen molar-refractivity contribution in [1.82, 2.24) is 19.7 Å². The molecule has 0 saturated carbocycles. The van der Waals surface area contributed by atoms with Crippen molar-refractivity contribution in [2.75, 3.05) is 17.2 Å². The first-order valence-corrected chi connectivity index (χ1v) is 10.6. The van der Waals surface area contributed by atoms with Crippen molar-refractivity contribution in [3.63, 3.8) is 0 Å². The number of nitrogens with one attached hydrogen (secondary N) is 3. The van der Waals surface area contributed by atoms with E-state index in [0.29, 0.717) is 41.5 Å². The van der Waals surface area contributed by atoms with Crippen LogP contribution in [0.5, 0.6) is 5.75 Å². The minimum Gasteiger partial charge on any atom is -0.492 e. The van der Waals surface area contributed by atoms with Gasteiger partial charge in [-0.3, -0.25) is 15.1 Å². The van der Waals surface area contributed by atoms with Crippen molar-refractivity contribution in [3.05, 3.63) is 57.6 Å². The van der Waals surface area contributed by atoms with Gasteiger partial charge in [0, 0.05) is 22.7 Å². The Labute approximate surface area is 187 Å². The van der Waals surface area contributed by atoms with E-state index in [0.717, 1.165) is 5.69 Å². The molecule has 0 fully saturated rings. The second-order valence-electron chi connectivity index (χ2n) is 8.39. The Morgan fingerprint density at radius 1 is 1.19 bits per heavy atom. The summed E-state index contributed by atoms with van der Waals surface area (Å²) in [5.74, 6) is 1.20. The highest BCUT2D eigenvalue weighted by Crippen LogP contribution is 2.27. The van der Waals surface area contributed by atoms with E-state index in [1.54, 1.807) is 25.1 Å². The Hall–Kier alpha value is -3.62. The van der Waals surface area contributed by atoms with E-state index >= 15 is 0 Å². The van der Waals surface area contributed by atoms with Crippen LogP contribution in [0.25, 0.3) is 5.95 Å². The van der Waals surface area contributed by atoms with E-state index in [9.17, 15) is 9.59 Å². The summed E-state index contributed by atoms with van der Waals surface area (Å²) >= 11 is 0. The predicted octanol–water partition coefficient (Wildman–Crippen LogP) is 4.17. The number of ether oxygens (including phenoxy) is 1. The average Bonchev–Trinajstić information content (AvgIpc) is 3.13. The van der Waals surface area contributed by atoms with Gasteiger partial charge >= 0.3 is 6.03 Å². The van der Waals surface area contributed by atoms with Crippen molar-refractivity contribution in [2.45, 2.75) is 53.4 Å². The molecule has 9 heteroatoms. The largest absolute Gasteiger partial charge is 0.492 e. The van der Waals surface area contributed by atoms with Gasteiger partial charge in [-0.05, 0) is 32.4 Å². The molecule has 170 valence electrons. The second-order valence-corrected chi connectivity index (χ2v) is 8.39. The third-order valence-corrected chi connectivity index (χ3v) is 4.92. The van der Waals surface area contributed by atoms with E-state index in [4.69, 9.17) is 4.74 Å². The Bertz CT molecular complexity index is 1170. The lowest BCUT2D eigenvalue weighted by atomic mass is 9.92. The van der Waals surface area contributed by atoms with Crippen LogP contribution in [-0.2, 0) is 11.8 Å². The van der Waals surface area contributed by atoms with Crippen LogP contribution >= 0.6 is 0 Å². The number of hydrogen-bond donors (Lipinski definition) is 3. The highest BCUT2D eigenvalue weighted by Gasteiger charge is 2.23. The van der Waals surface area contributed by atoms with Crippen molar-refractivity contribution in [3.8, 4) is 11.7 Å². The maximum Gasteiger partial charge on any atom is 0.324 e. The van der Waals surface area contributed by atoms with Gasteiger partial charge in [-0.15, -0.1) is 0 Å². The molecule has 0 aliphatic rings. The summed E-state index contributed by atoms with van der Waals surface area (Å²) in [5, 5.41) is 10.2. The molecule has 0 aliphatic heterocycles. The molecule has 0 atom stereocenters. The standard InChI is InChI=1S/C23H30N6O3/c1-7-15-14(3)24-21(27-20(15)30)29-19(13-18(28-29)23(4,5)6)26-22(31)25-16-11-9-10-12-17(16)32-8-2/h9-13H,7-8H2,1-6H3,(H,24,27,30)(H2,25,26,31). The first kappa shape index (κ1) is 23.1. The van der Waals surface area contributed by atoms with Gasteiger partial charge in [-0.1, -0.05) is 39.8 Å². The monoisotopic (exact) mass is 438 g/mol. The van der Waals surface area contributed by atoms with Crippen molar-refractivity contribution in [1.29, 1.82) is 0 Å². The van der Waals surface area contributed by atoms with E-state index in [1.165, 1.54) is 4.68 Å². The van der Waals surface area contributed by atoms with Crippen molar-refractivity contribution >= 4 is 17.5 Å². The lowest BCUT2D eigenvalue weighted by molar-refractivity contribution is 0.261. The number of amides is 2. The van der Waals surface area contributed by atoms with Gasteiger partial charge in [-0.25, -0.2) is 9.78 Å². The van der Waals surface area contributed by atoms with E-state index in [-0.39, 0.29) is 16.9 Å². The summed E-state index contributed by atoms with van der Waals surface area (Å²) in [5.41, 5.74) is 2.03.